The van der Waals surface area contributed by atoms with Crippen molar-refractivity contribution in [3.8, 4) is 11.5 Å². The van der Waals surface area contributed by atoms with E-state index in [0.717, 1.165) is 18.7 Å². The van der Waals surface area contributed by atoms with E-state index in [4.69, 9.17) is 14.2 Å². The van der Waals surface area contributed by atoms with Gasteiger partial charge in [0.2, 0.25) is 5.91 Å². The molecule has 1 saturated heterocycles. The Morgan fingerprint density at radius 1 is 1.11 bits per heavy atom. The van der Waals surface area contributed by atoms with E-state index in [2.05, 4.69) is 10.0 Å². The van der Waals surface area contributed by atoms with Crippen LogP contribution in [-0.2, 0) is 14.3 Å². The van der Waals surface area contributed by atoms with Gasteiger partial charge in [0.05, 0.1) is 39.2 Å². The average molecular weight is 527 g/mol. The summed E-state index contributed by atoms with van der Waals surface area (Å²) in [5.41, 5.74) is 1.59. The molecular formula is C28H35FN4O5. The molecule has 204 valence electrons. The first-order chi connectivity index (χ1) is 18.4. The maximum absolute atomic E-state index is 14.7. The number of ether oxygens (including phenoxy) is 3. The number of rotatable bonds is 10. The highest BCUT2D eigenvalue weighted by atomic mass is 19.1. The van der Waals surface area contributed by atoms with Crippen LogP contribution in [-0.4, -0.2) is 92.5 Å². The third-order valence-corrected chi connectivity index (χ3v) is 6.91. The fourth-order valence-corrected chi connectivity index (χ4v) is 4.76. The monoisotopic (exact) mass is 526 g/mol. The third-order valence-electron chi connectivity index (χ3n) is 6.91. The Bertz CT molecular complexity index is 1170. The summed E-state index contributed by atoms with van der Waals surface area (Å²) in [5.74, 6) is 0.238. The van der Waals surface area contributed by atoms with Crippen LogP contribution in [0.4, 0.5) is 4.39 Å². The second-order valence-corrected chi connectivity index (χ2v) is 9.22. The molecule has 2 aromatic carbocycles. The quantitative estimate of drug-likeness (QED) is 0.473. The van der Waals surface area contributed by atoms with Crippen molar-refractivity contribution < 1.29 is 28.2 Å². The molecule has 4 rings (SSSR count). The van der Waals surface area contributed by atoms with Gasteiger partial charge in [-0.15, -0.1) is 0 Å². The minimum atomic E-state index is -0.491. The van der Waals surface area contributed by atoms with Crippen molar-refractivity contribution in [3.63, 3.8) is 0 Å². The van der Waals surface area contributed by atoms with Crippen molar-refractivity contribution in [1.82, 2.24) is 14.8 Å². The van der Waals surface area contributed by atoms with Crippen LogP contribution >= 0.6 is 0 Å². The number of carbonyl (C=O) groups excluding carboxylic acids is 2. The molecule has 0 aliphatic carbocycles. The summed E-state index contributed by atoms with van der Waals surface area (Å²) in [6, 6.07) is 11.3. The van der Waals surface area contributed by atoms with Crippen LogP contribution in [0.2, 0.25) is 0 Å². The van der Waals surface area contributed by atoms with Gasteiger partial charge in [0.1, 0.15) is 12.4 Å². The summed E-state index contributed by atoms with van der Waals surface area (Å²) < 4.78 is 30.9. The molecule has 0 bridgehead atoms. The highest BCUT2D eigenvalue weighted by molar-refractivity contribution is 6.03. The molecule has 9 nitrogen and oxygen atoms in total. The lowest BCUT2D eigenvalue weighted by atomic mass is 9.97. The van der Waals surface area contributed by atoms with Crippen LogP contribution in [0.15, 0.2) is 47.6 Å². The van der Waals surface area contributed by atoms with Gasteiger partial charge in [0.15, 0.2) is 11.5 Å². The lowest BCUT2D eigenvalue weighted by Gasteiger charge is -2.31. The Morgan fingerprint density at radius 2 is 1.84 bits per heavy atom. The van der Waals surface area contributed by atoms with Crippen molar-refractivity contribution in [2.24, 2.45) is 5.10 Å². The number of hydrogen-bond acceptors (Lipinski definition) is 7. The maximum Gasteiger partial charge on any atom is 0.262 e. The summed E-state index contributed by atoms with van der Waals surface area (Å²) in [6.07, 6.45) is 0.608. The van der Waals surface area contributed by atoms with Crippen molar-refractivity contribution in [2.45, 2.75) is 25.8 Å². The van der Waals surface area contributed by atoms with E-state index >= 15 is 0 Å². The number of benzene rings is 2. The smallest absolute Gasteiger partial charge is 0.262 e. The number of morpholine rings is 1. The van der Waals surface area contributed by atoms with Gasteiger partial charge in [-0.05, 0) is 23.8 Å². The summed E-state index contributed by atoms with van der Waals surface area (Å²) in [7, 11) is 3.10. The molecular weight excluding hydrogens is 491 g/mol. The summed E-state index contributed by atoms with van der Waals surface area (Å²) in [5, 5.41) is 5.97. The van der Waals surface area contributed by atoms with E-state index in [0.29, 0.717) is 61.9 Å². The van der Waals surface area contributed by atoms with Gasteiger partial charge >= 0.3 is 0 Å². The molecule has 0 spiro atoms. The molecule has 0 N–H and O–H groups in total. The Morgan fingerprint density at radius 3 is 2.53 bits per heavy atom. The van der Waals surface area contributed by atoms with Crippen LogP contribution < -0.4 is 9.47 Å². The number of methoxy groups -OCH3 is 2. The number of amides is 2. The van der Waals surface area contributed by atoms with Gasteiger partial charge in [0, 0.05) is 44.6 Å². The van der Waals surface area contributed by atoms with Crippen molar-refractivity contribution in [2.75, 3.05) is 60.2 Å². The van der Waals surface area contributed by atoms with E-state index in [1.165, 1.54) is 11.1 Å². The lowest BCUT2D eigenvalue weighted by Crippen LogP contribution is -2.46. The molecule has 2 aliphatic rings. The van der Waals surface area contributed by atoms with Crippen molar-refractivity contribution in [3.05, 3.63) is 59.4 Å². The first-order valence-corrected chi connectivity index (χ1v) is 12.9. The van der Waals surface area contributed by atoms with Crippen LogP contribution in [0.1, 0.15) is 36.9 Å². The molecule has 2 aliphatic heterocycles. The fourth-order valence-electron chi connectivity index (χ4n) is 4.76. The van der Waals surface area contributed by atoms with Gasteiger partial charge in [-0.2, -0.15) is 5.10 Å². The Labute approximate surface area is 222 Å². The fraction of sp³-hybridized carbons (Fsp3) is 0.464. The zero-order valence-corrected chi connectivity index (χ0v) is 22.2. The molecule has 0 aromatic heterocycles. The van der Waals surface area contributed by atoms with Crippen LogP contribution in [0.25, 0.3) is 0 Å². The summed E-state index contributed by atoms with van der Waals surface area (Å²) in [6.45, 7) is 5.67. The first kappa shape index (κ1) is 27.5. The molecule has 2 aromatic rings. The molecule has 10 heteroatoms. The van der Waals surface area contributed by atoms with Gasteiger partial charge in [0.25, 0.3) is 5.91 Å². The van der Waals surface area contributed by atoms with Gasteiger partial charge < -0.3 is 19.1 Å². The van der Waals surface area contributed by atoms with Crippen molar-refractivity contribution >= 4 is 17.5 Å². The predicted octanol–water partition coefficient (Wildman–Crippen LogP) is 3.09. The summed E-state index contributed by atoms with van der Waals surface area (Å²) >= 11 is 0. The highest BCUT2D eigenvalue weighted by Crippen LogP contribution is 2.37. The third kappa shape index (κ3) is 6.31. The van der Waals surface area contributed by atoms with E-state index in [1.807, 2.05) is 6.07 Å². The van der Waals surface area contributed by atoms with Crippen LogP contribution in [0, 0.1) is 5.82 Å². The number of hydrazone groups is 1. The second kappa shape index (κ2) is 12.8. The highest BCUT2D eigenvalue weighted by Gasteiger charge is 2.35. The minimum absolute atomic E-state index is 0.105. The molecule has 38 heavy (non-hydrogen) atoms. The molecule has 0 unspecified atom stereocenters. The second-order valence-electron chi connectivity index (χ2n) is 9.22. The molecule has 0 radical (unpaired) electrons. The SMILES string of the molecule is CCC(=O)N(CCN1CCOCC1)CC(=O)N1N=C(c2ccccc2F)C[C@@H]1c1ccc(OC)c(OC)c1. The van der Waals surface area contributed by atoms with Crippen molar-refractivity contribution in [1.29, 1.82) is 0 Å². The minimum Gasteiger partial charge on any atom is -0.493 e. The maximum atomic E-state index is 14.7. The number of nitrogens with zero attached hydrogens (tertiary/aromatic N) is 4. The van der Waals surface area contributed by atoms with E-state index in [1.54, 1.807) is 56.4 Å². The average Bonchev–Trinajstić information content (AvgIpc) is 3.40. The van der Waals surface area contributed by atoms with Crippen LogP contribution in [0.3, 0.4) is 0 Å². The van der Waals surface area contributed by atoms with Gasteiger partial charge in [-0.1, -0.05) is 31.2 Å². The van der Waals surface area contributed by atoms with E-state index < -0.39 is 11.9 Å². The topological polar surface area (TPSA) is 83.9 Å². The zero-order valence-electron chi connectivity index (χ0n) is 22.2. The Hall–Kier alpha value is -3.50. The molecule has 2 amide bonds. The Kier molecular flexibility index (Phi) is 9.30. The van der Waals surface area contributed by atoms with Crippen LogP contribution in [0.5, 0.6) is 11.5 Å². The number of hydrogen-bond donors (Lipinski definition) is 0. The molecule has 1 atom stereocenters. The van der Waals surface area contributed by atoms with Gasteiger partial charge in [-0.3, -0.25) is 14.5 Å². The van der Waals surface area contributed by atoms with E-state index in [-0.39, 0.29) is 18.4 Å². The molecule has 2 heterocycles. The molecule has 0 saturated carbocycles. The largest absolute Gasteiger partial charge is 0.493 e. The summed E-state index contributed by atoms with van der Waals surface area (Å²) in [4.78, 5) is 30.3. The lowest BCUT2D eigenvalue weighted by molar-refractivity contribution is -0.141. The number of carbonyl (C=O) groups is 2. The number of halogens is 1. The first-order valence-electron chi connectivity index (χ1n) is 12.9. The van der Waals surface area contributed by atoms with Gasteiger partial charge in [-0.25, -0.2) is 9.40 Å². The molecule has 1 fully saturated rings. The van der Waals surface area contributed by atoms with E-state index in [9.17, 15) is 14.0 Å². The standard InChI is InChI=1S/C28H35FN4O5/c1-4-27(34)32(12-11-31-13-15-38-16-14-31)19-28(35)33-24(20-9-10-25(36-2)26(17-20)37-3)18-23(30-33)21-7-5-6-8-22(21)29/h5-10,17,24H,4,11-16,18-19H2,1-3H3/t24-/m1/s1. The normalized spacial score (nSPS) is 17.7. The predicted molar refractivity (Wildman–Crippen MR) is 141 cm³/mol. The Balaban J connectivity index is 1.60. The zero-order chi connectivity index (χ0) is 27.1.